The molecule has 1 atom stereocenters. The number of carboxylic acid groups (broad SMARTS) is 1. The second kappa shape index (κ2) is 7.11. The zero-order valence-electron chi connectivity index (χ0n) is 13.1. The predicted molar refractivity (Wildman–Crippen MR) is 80.3 cm³/mol. The first-order valence-corrected chi connectivity index (χ1v) is 8.04. The van der Waals surface area contributed by atoms with Crippen molar-refractivity contribution in [3.63, 3.8) is 0 Å². The zero-order valence-corrected chi connectivity index (χ0v) is 13.1. The standard InChI is InChI=1S/C15H27N3O3/c1-3-16-8-9-17(10-12(16)2)15(21)18(11-14(19)20)13-6-4-5-7-13/h12-13H,3-11H2,1-2H3,(H,19,20). The minimum Gasteiger partial charge on any atom is -0.480 e. The second-order valence-electron chi connectivity index (χ2n) is 6.17. The number of aliphatic carboxylic acids is 1. The molecule has 1 N–H and O–H groups in total. The van der Waals surface area contributed by atoms with Gasteiger partial charge in [0.05, 0.1) is 0 Å². The van der Waals surface area contributed by atoms with Crippen molar-refractivity contribution in [2.24, 2.45) is 0 Å². The van der Waals surface area contributed by atoms with E-state index in [1.807, 2.05) is 4.90 Å². The van der Waals surface area contributed by atoms with Gasteiger partial charge in [-0.05, 0) is 26.3 Å². The van der Waals surface area contributed by atoms with Crippen LogP contribution in [0.25, 0.3) is 0 Å². The summed E-state index contributed by atoms with van der Waals surface area (Å²) < 4.78 is 0. The van der Waals surface area contributed by atoms with Crippen LogP contribution >= 0.6 is 0 Å². The molecule has 0 aromatic rings. The average Bonchev–Trinajstić information content (AvgIpc) is 2.97. The maximum Gasteiger partial charge on any atom is 0.323 e. The Hall–Kier alpha value is -1.30. The van der Waals surface area contributed by atoms with E-state index >= 15 is 0 Å². The SMILES string of the molecule is CCN1CCN(C(=O)N(CC(=O)O)C2CCCC2)CC1C. The Kier molecular flexibility index (Phi) is 5.45. The van der Waals surface area contributed by atoms with E-state index in [0.29, 0.717) is 19.1 Å². The first-order valence-electron chi connectivity index (χ1n) is 8.04. The number of carbonyl (C=O) groups is 2. The summed E-state index contributed by atoms with van der Waals surface area (Å²) in [6.07, 6.45) is 4.05. The van der Waals surface area contributed by atoms with Crippen LogP contribution in [-0.4, -0.2) is 76.6 Å². The molecule has 6 nitrogen and oxygen atoms in total. The zero-order chi connectivity index (χ0) is 15.4. The van der Waals surface area contributed by atoms with Gasteiger partial charge >= 0.3 is 12.0 Å². The largest absolute Gasteiger partial charge is 0.480 e. The molecular formula is C15H27N3O3. The number of hydrogen-bond acceptors (Lipinski definition) is 3. The summed E-state index contributed by atoms with van der Waals surface area (Å²) in [6.45, 7) is 7.32. The maximum absolute atomic E-state index is 12.7. The molecule has 1 aliphatic heterocycles. The Morgan fingerprint density at radius 3 is 2.43 bits per heavy atom. The van der Waals surface area contributed by atoms with Gasteiger partial charge < -0.3 is 14.9 Å². The molecule has 1 saturated carbocycles. The lowest BCUT2D eigenvalue weighted by molar-refractivity contribution is -0.138. The first kappa shape index (κ1) is 16.1. The van der Waals surface area contributed by atoms with Crippen molar-refractivity contribution in [3.8, 4) is 0 Å². The molecule has 0 spiro atoms. The molecule has 2 aliphatic rings. The minimum atomic E-state index is -0.921. The van der Waals surface area contributed by atoms with Crippen LogP contribution in [0.2, 0.25) is 0 Å². The number of carbonyl (C=O) groups excluding carboxylic acids is 1. The Morgan fingerprint density at radius 2 is 1.90 bits per heavy atom. The van der Waals surface area contributed by atoms with E-state index in [4.69, 9.17) is 5.11 Å². The summed E-state index contributed by atoms with van der Waals surface area (Å²) in [5.74, 6) is -0.921. The van der Waals surface area contributed by atoms with Gasteiger partial charge in [-0.2, -0.15) is 0 Å². The number of amides is 2. The topological polar surface area (TPSA) is 64.1 Å². The van der Waals surface area contributed by atoms with Crippen molar-refractivity contribution < 1.29 is 14.7 Å². The molecule has 21 heavy (non-hydrogen) atoms. The molecule has 2 fully saturated rings. The molecular weight excluding hydrogens is 270 g/mol. The monoisotopic (exact) mass is 297 g/mol. The van der Waals surface area contributed by atoms with Gasteiger partial charge in [-0.1, -0.05) is 19.8 Å². The summed E-state index contributed by atoms with van der Waals surface area (Å²) in [5, 5.41) is 9.10. The molecule has 0 aromatic carbocycles. The summed E-state index contributed by atoms with van der Waals surface area (Å²) >= 11 is 0. The van der Waals surface area contributed by atoms with Crippen LogP contribution < -0.4 is 0 Å². The highest BCUT2D eigenvalue weighted by Crippen LogP contribution is 2.25. The molecule has 120 valence electrons. The van der Waals surface area contributed by atoms with E-state index in [1.165, 1.54) is 0 Å². The van der Waals surface area contributed by atoms with Gasteiger partial charge in [0.2, 0.25) is 0 Å². The smallest absolute Gasteiger partial charge is 0.323 e. The van der Waals surface area contributed by atoms with Crippen molar-refractivity contribution >= 4 is 12.0 Å². The molecule has 1 heterocycles. The molecule has 0 bridgehead atoms. The Balaban J connectivity index is 2.02. The fraction of sp³-hybridized carbons (Fsp3) is 0.867. The van der Waals surface area contributed by atoms with Gasteiger partial charge in [0.25, 0.3) is 0 Å². The van der Waals surface area contributed by atoms with Gasteiger partial charge in [0.15, 0.2) is 0 Å². The van der Waals surface area contributed by atoms with Crippen LogP contribution in [0.5, 0.6) is 0 Å². The lowest BCUT2D eigenvalue weighted by atomic mass is 10.2. The highest BCUT2D eigenvalue weighted by Gasteiger charge is 2.34. The highest BCUT2D eigenvalue weighted by molar-refractivity contribution is 5.80. The van der Waals surface area contributed by atoms with Crippen LogP contribution in [0.4, 0.5) is 4.79 Å². The second-order valence-corrected chi connectivity index (χ2v) is 6.17. The van der Waals surface area contributed by atoms with Crippen molar-refractivity contribution in [2.75, 3.05) is 32.7 Å². The van der Waals surface area contributed by atoms with Crippen molar-refractivity contribution in [2.45, 2.75) is 51.6 Å². The molecule has 1 saturated heterocycles. The molecule has 0 aromatic heterocycles. The molecule has 1 unspecified atom stereocenters. The normalized spacial score (nSPS) is 24.3. The summed E-state index contributed by atoms with van der Waals surface area (Å²) in [5.41, 5.74) is 0. The number of carboxylic acids is 1. The van der Waals surface area contributed by atoms with Gasteiger partial charge in [-0.25, -0.2) is 4.79 Å². The lowest BCUT2D eigenvalue weighted by Crippen LogP contribution is -2.58. The molecule has 6 heteroatoms. The van der Waals surface area contributed by atoms with E-state index in [0.717, 1.165) is 38.8 Å². The predicted octanol–water partition coefficient (Wildman–Crippen LogP) is 1.46. The molecule has 1 aliphatic carbocycles. The lowest BCUT2D eigenvalue weighted by Gasteiger charge is -2.42. The van der Waals surface area contributed by atoms with E-state index in [-0.39, 0.29) is 18.6 Å². The van der Waals surface area contributed by atoms with Crippen molar-refractivity contribution in [1.82, 2.24) is 14.7 Å². The third-order valence-corrected chi connectivity index (χ3v) is 4.76. The maximum atomic E-state index is 12.7. The van der Waals surface area contributed by atoms with Crippen LogP contribution in [0.3, 0.4) is 0 Å². The van der Waals surface area contributed by atoms with Gasteiger partial charge in [0, 0.05) is 31.7 Å². The molecule has 2 rings (SSSR count). The number of urea groups is 1. The van der Waals surface area contributed by atoms with Crippen LogP contribution in [0.1, 0.15) is 39.5 Å². The third kappa shape index (κ3) is 3.87. The van der Waals surface area contributed by atoms with E-state index in [2.05, 4.69) is 18.7 Å². The molecule has 0 radical (unpaired) electrons. The van der Waals surface area contributed by atoms with E-state index in [9.17, 15) is 9.59 Å². The van der Waals surface area contributed by atoms with Gasteiger partial charge in [-0.15, -0.1) is 0 Å². The number of nitrogens with zero attached hydrogens (tertiary/aromatic N) is 3. The van der Waals surface area contributed by atoms with Crippen molar-refractivity contribution in [1.29, 1.82) is 0 Å². The van der Waals surface area contributed by atoms with Gasteiger partial charge in [-0.3, -0.25) is 9.69 Å². The van der Waals surface area contributed by atoms with Gasteiger partial charge in [0.1, 0.15) is 6.54 Å². The average molecular weight is 297 g/mol. The van der Waals surface area contributed by atoms with E-state index < -0.39 is 5.97 Å². The Morgan fingerprint density at radius 1 is 1.24 bits per heavy atom. The highest BCUT2D eigenvalue weighted by atomic mass is 16.4. The third-order valence-electron chi connectivity index (χ3n) is 4.76. The number of hydrogen-bond donors (Lipinski definition) is 1. The number of rotatable bonds is 4. The van der Waals surface area contributed by atoms with Crippen molar-refractivity contribution in [3.05, 3.63) is 0 Å². The van der Waals surface area contributed by atoms with Crippen LogP contribution in [-0.2, 0) is 4.79 Å². The van der Waals surface area contributed by atoms with E-state index in [1.54, 1.807) is 4.90 Å². The summed E-state index contributed by atoms with van der Waals surface area (Å²) in [4.78, 5) is 29.6. The summed E-state index contributed by atoms with van der Waals surface area (Å²) in [7, 11) is 0. The van der Waals surface area contributed by atoms with Crippen LogP contribution in [0.15, 0.2) is 0 Å². The fourth-order valence-corrected chi connectivity index (χ4v) is 3.53. The Bertz CT molecular complexity index is 382. The summed E-state index contributed by atoms with van der Waals surface area (Å²) in [6, 6.07) is 0.350. The number of likely N-dealkylation sites (N-methyl/N-ethyl adjacent to an activating group) is 1. The number of piperazine rings is 1. The fourth-order valence-electron chi connectivity index (χ4n) is 3.53. The molecule has 2 amide bonds. The minimum absolute atomic E-state index is 0.0908. The first-order chi connectivity index (χ1) is 10.0. The van der Waals surface area contributed by atoms with Crippen LogP contribution in [0, 0.1) is 0 Å². The quantitative estimate of drug-likeness (QED) is 0.853. The Labute approximate surface area is 126 Å².